The Morgan fingerprint density at radius 3 is 2.36 bits per heavy atom. The first-order valence-corrected chi connectivity index (χ1v) is 10.6. The molecule has 0 aliphatic rings. The van der Waals surface area contributed by atoms with Crippen LogP contribution < -0.4 is 9.46 Å². The summed E-state index contributed by atoms with van der Waals surface area (Å²) < 4.78 is 33.2. The second kappa shape index (κ2) is 8.34. The van der Waals surface area contributed by atoms with Crippen molar-refractivity contribution in [1.29, 1.82) is 0 Å². The van der Waals surface area contributed by atoms with Gasteiger partial charge in [0.2, 0.25) is 10.0 Å². The van der Waals surface area contributed by atoms with Crippen LogP contribution >= 0.6 is 15.9 Å². The second-order valence-corrected chi connectivity index (χ2v) is 9.63. The van der Waals surface area contributed by atoms with E-state index in [4.69, 9.17) is 4.74 Å². The van der Waals surface area contributed by atoms with E-state index in [0.717, 1.165) is 15.8 Å². The van der Waals surface area contributed by atoms with Gasteiger partial charge in [-0.1, -0.05) is 61.0 Å². The first-order valence-electron chi connectivity index (χ1n) is 8.11. The van der Waals surface area contributed by atoms with Gasteiger partial charge in [-0.15, -0.1) is 0 Å². The Bertz CT molecular complexity index is 796. The zero-order valence-electron chi connectivity index (χ0n) is 14.8. The lowest BCUT2D eigenvalue weighted by Gasteiger charge is -2.19. The van der Waals surface area contributed by atoms with Crippen LogP contribution in [0, 0.1) is 0 Å². The van der Waals surface area contributed by atoms with Crippen molar-refractivity contribution >= 4 is 26.0 Å². The van der Waals surface area contributed by atoms with Crippen molar-refractivity contribution in [3.63, 3.8) is 0 Å². The van der Waals surface area contributed by atoms with Gasteiger partial charge in [0.25, 0.3) is 0 Å². The number of hydrogen-bond donors (Lipinski definition) is 1. The van der Waals surface area contributed by atoms with Gasteiger partial charge in [-0.25, -0.2) is 13.1 Å². The second-order valence-electron chi connectivity index (χ2n) is 6.91. The first kappa shape index (κ1) is 19.9. The molecule has 0 heterocycles. The highest BCUT2D eigenvalue weighted by Crippen LogP contribution is 2.24. The van der Waals surface area contributed by atoms with E-state index in [0.29, 0.717) is 0 Å². The fourth-order valence-electron chi connectivity index (χ4n) is 2.31. The highest BCUT2D eigenvalue weighted by atomic mass is 79.9. The van der Waals surface area contributed by atoms with Gasteiger partial charge in [-0.3, -0.25) is 0 Å². The molecule has 0 bridgehead atoms. The molecule has 6 heteroatoms. The van der Waals surface area contributed by atoms with Crippen LogP contribution in [0.5, 0.6) is 5.75 Å². The van der Waals surface area contributed by atoms with E-state index in [1.54, 1.807) is 12.1 Å². The fraction of sp³-hybridized carbons (Fsp3) is 0.368. The zero-order valence-corrected chi connectivity index (χ0v) is 17.2. The molecule has 0 unspecified atom stereocenters. The van der Waals surface area contributed by atoms with Gasteiger partial charge < -0.3 is 4.74 Å². The van der Waals surface area contributed by atoms with Crippen LogP contribution in [0.1, 0.15) is 31.9 Å². The van der Waals surface area contributed by atoms with E-state index in [-0.39, 0.29) is 24.3 Å². The Kier molecular flexibility index (Phi) is 6.65. The quantitative estimate of drug-likeness (QED) is 0.674. The van der Waals surface area contributed by atoms with Gasteiger partial charge >= 0.3 is 0 Å². The third-order valence-electron chi connectivity index (χ3n) is 3.66. The minimum Gasteiger partial charge on any atom is -0.492 e. The summed E-state index contributed by atoms with van der Waals surface area (Å²) in [4.78, 5) is 0. The van der Waals surface area contributed by atoms with Crippen molar-refractivity contribution in [2.24, 2.45) is 0 Å². The van der Waals surface area contributed by atoms with Crippen molar-refractivity contribution in [3.8, 4) is 5.75 Å². The minimum absolute atomic E-state index is 0.0489. The number of sulfonamides is 1. The maximum absolute atomic E-state index is 12.1. The van der Waals surface area contributed by atoms with E-state index in [2.05, 4.69) is 41.4 Å². The number of halogens is 1. The summed E-state index contributed by atoms with van der Waals surface area (Å²) in [6.07, 6.45) is 0. The third-order valence-corrected chi connectivity index (χ3v) is 5.51. The molecule has 0 saturated carbocycles. The molecule has 0 atom stereocenters. The average Bonchev–Trinajstić information content (AvgIpc) is 2.51. The van der Waals surface area contributed by atoms with Gasteiger partial charge in [0.05, 0.1) is 5.75 Å². The Morgan fingerprint density at radius 2 is 1.76 bits per heavy atom. The zero-order chi connectivity index (χ0) is 18.5. The summed E-state index contributed by atoms with van der Waals surface area (Å²) in [7, 11) is -3.38. The molecule has 2 rings (SSSR count). The SMILES string of the molecule is CC(C)(C)c1ccc(OCCNS(=O)(=O)Cc2cccc(Br)c2)cc1. The Hall–Kier alpha value is -1.37. The molecular weight excluding hydrogens is 402 g/mol. The molecule has 4 nitrogen and oxygen atoms in total. The Balaban J connectivity index is 1.80. The van der Waals surface area contributed by atoms with E-state index >= 15 is 0 Å². The lowest BCUT2D eigenvalue weighted by molar-refractivity contribution is 0.322. The van der Waals surface area contributed by atoms with Crippen LogP contribution in [0.2, 0.25) is 0 Å². The van der Waals surface area contributed by atoms with Gasteiger partial charge in [0, 0.05) is 11.0 Å². The maximum atomic E-state index is 12.1. The summed E-state index contributed by atoms with van der Waals surface area (Å²) in [5.74, 6) is 0.686. The number of benzene rings is 2. The molecule has 1 N–H and O–H groups in total. The van der Waals surface area contributed by atoms with Gasteiger partial charge in [0.1, 0.15) is 12.4 Å². The Morgan fingerprint density at radius 1 is 1.08 bits per heavy atom. The molecule has 0 saturated heterocycles. The number of hydrogen-bond acceptors (Lipinski definition) is 3. The topological polar surface area (TPSA) is 55.4 Å². The lowest BCUT2D eigenvalue weighted by Crippen LogP contribution is -2.29. The predicted octanol–water partition coefficient (Wildman–Crippen LogP) is 4.25. The molecule has 2 aromatic carbocycles. The van der Waals surface area contributed by atoms with Crippen LogP contribution in [-0.4, -0.2) is 21.6 Å². The highest BCUT2D eigenvalue weighted by molar-refractivity contribution is 9.10. The largest absolute Gasteiger partial charge is 0.492 e. The molecule has 0 radical (unpaired) electrons. The van der Waals surface area contributed by atoms with Gasteiger partial charge in [0.15, 0.2) is 0 Å². The molecule has 25 heavy (non-hydrogen) atoms. The molecule has 0 amide bonds. The van der Waals surface area contributed by atoms with E-state index in [1.807, 2.05) is 36.4 Å². The summed E-state index contributed by atoms with van der Waals surface area (Å²) >= 11 is 3.34. The molecule has 0 spiro atoms. The highest BCUT2D eigenvalue weighted by Gasteiger charge is 2.13. The van der Waals surface area contributed by atoms with Crippen LogP contribution in [0.4, 0.5) is 0 Å². The number of nitrogens with one attached hydrogen (secondary N) is 1. The summed E-state index contributed by atoms with van der Waals surface area (Å²) in [6.45, 7) is 6.98. The normalized spacial score (nSPS) is 12.2. The van der Waals surface area contributed by atoms with Crippen LogP contribution in [-0.2, 0) is 21.2 Å². The predicted molar refractivity (Wildman–Crippen MR) is 105 cm³/mol. The molecule has 0 aromatic heterocycles. The van der Waals surface area contributed by atoms with Crippen LogP contribution in [0.25, 0.3) is 0 Å². The molecular formula is C19H24BrNO3S. The van der Waals surface area contributed by atoms with Gasteiger partial charge in [-0.05, 0) is 40.8 Å². The van der Waals surface area contributed by atoms with E-state index < -0.39 is 10.0 Å². The molecule has 0 aliphatic heterocycles. The molecule has 136 valence electrons. The van der Waals surface area contributed by atoms with Gasteiger partial charge in [-0.2, -0.15) is 0 Å². The molecule has 0 aliphatic carbocycles. The fourth-order valence-corrected chi connectivity index (χ4v) is 3.88. The Labute approximate surface area is 158 Å². The summed E-state index contributed by atoms with van der Waals surface area (Å²) in [6, 6.07) is 15.2. The lowest BCUT2D eigenvalue weighted by atomic mass is 9.87. The number of rotatable bonds is 7. The smallest absolute Gasteiger partial charge is 0.215 e. The van der Waals surface area contributed by atoms with Crippen LogP contribution in [0.3, 0.4) is 0 Å². The summed E-state index contributed by atoms with van der Waals surface area (Å²) in [5, 5.41) is 0. The third kappa shape index (κ3) is 6.80. The van der Waals surface area contributed by atoms with E-state index in [1.165, 1.54) is 5.56 Å². The molecule has 2 aromatic rings. The average molecular weight is 426 g/mol. The molecule has 0 fully saturated rings. The van der Waals surface area contributed by atoms with E-state index in [9.17, 15) is 8.42 Å². The minimum atomic E-state index is -3.38. The van der Waals surface area contributed by atoms with Crippen molar-refractivity contribution in [3.05, 3.63) is 64.1 Å². The van der Waals surface area contributed by atoms with Crippen molar-refractivity contribution in [1.82, 2.24) is 4.72 Å². The maximum Gasteiger partial charge on any atom is 0.215 e. The van der Waals surface area contributed by atoms with Crippen LogP contribution in [0.15, 0.2) is 53.0 Å². The standard InChI is InChI=1S/C19H24BrNO3S/c1-19(2,3)16-7-9-18(10-8-16)24-12-11-21-25(22,23)14-15-5-4-6-17(20)13-15/h4-10,13,21H,11-12,14H2,1-3H3. The number of ether oxygens (including phenoxy) is 1. The van der Waals surface area contributed by atoms with Crippen molar-refractivity contribution in [2.75, 3.05) is 13.2 Å². The van der Waals surface area contributed by atoms with Crippen molar-refractivity contribution < 1.29 is 13.2 Å². The van der Waals surface area contributed by atoms with Crippen molar-refractivity contribution in [2.45, 2.75) is 31.9 Å². The first-order chi connectivity index (χ1) is 11.7. The summed E-state index contributed by atoms with van der Waals surface area (Å²) in [5.41, 5.74) is 2.07. The monoisotopic (exact) mass is 425 g/mol.